The van der Waals surface area contributed by atoms with Crippen LogP contribution in [0.15, 0.2) is 18.5 Å². The monoisotopic (exact) mass is 266 g/mol. The van der Waals surface area contributed by atoms with Gasteiger partial charge in [-0.15, -0.1) is 0 Å². The zero-order valence-electron chi connectivity index (χ0n) is 9.74. The van der Waals surface area contributed by atoms with Crippen LogP contribution in [0.5, 0.6) is 5.75 Å². The summed E-state index contributed by atoms with van der Waals surface area (Å²) in [6.07, 6.45) is 1.74. The number of cyclic esters (lactones) is 1. The van der Waals surface area contributed by atoms with E-state index in [4.69, 9.17) is 9.84 Å². The van der Waals surface area contributed by atoms with E-state index in [0.29, 0.717) is 0 Å². The molecule has 2 rings (SSSR count). The Labute approximate surface area is 107 Å². The van der Waals surface area contributed by atoms with Gasteiger partial charge in [0, 0.05) is 6.20 Å². The zero-order valence-corrected chi connectivity index (χ0v) is 9.74. The van der Waals surface area contributed by atoms with Crippen molar-refractivity contribution in [2.24, 2.45) is 0 Å². The number of amides is 2. The van der Waals surface area contributed by atoms with E-state index in [1.807, 2.05) is 0 Å². The molecule has 19 heavy (non-hydrogen) atoms. The maximum atomic E-state index is 11.6. The van der Waals surface area contributed by atoms with Crippen LogP contribution in [-0.2, 0) is 9.53 Å². The van der Waals surface area contributed by atoms with E-state index in [0.717, 1.165) is 11.1 Å². The van der Waals surface area contributed by atoms with Gasteiger partial charge in [0.05, 0.1) is 18.3 Å². The third kappa shape index (κ3) is 2.97. The fraction of sp³-hybridized carbons (Fsp3) is 0.273. The summed E-state index contributed by atoms with van der Waals surface area (Å²) in [7, 11) is 0. The predicted octanol–water partition coefficient (Wildman–Crippen LogP) is 0.137. The van der Waals surface area contributed by atoms with Gasteiger partial charge in [-0.05, 0) is 6.07 Å². The molecule has 0 radical (unpaired) electrons. The van der Waals surface area contributed by atoms with Crippen LogP contribution in [0.2, 0.25) is 0 Å². The largest absolute Gasteiger partial charge is 0.482 e. The first-order chi connectivity index (χ1) is 9.08. The van der Waals surface area contributed by atoms with E-state index in [2.05, 4.69) is 9.72 Å². The van der Waals surface area contributed by atoms with Crippen molar-refractivity contribution in [2.75, 3.05) is 19.8 Å². The summed E-state index contributed by atoms with van der Waals surface area (Å²) in [6.45, 7) is -0.0328. The van der Waals surface area contributed by atoms with E-state index in [-0.39, 0.29) is 31.1 Å². The molecule has 0 saturated carbocycles. The summed E-state index contributed by atoms with van der Waals surface area (Å²) < 4.78 is 9.70. The molecule has 8 nitrogen and oxygen atoms in total. The van der Waals surface area contributed by atoms with Crippen molar-refractivity contribution in [1.82, 2.24) is 9.88 Å². The number of aromatic carboxylic acids is 1. The average molecular weight is 266 g/mol. The lowest BCUT2D eigenvalue weighted by molar-refractivity contribution is -0.129. The van der Waals surface area contributed by atoms with Crippen LogP contribution >= 0.6 is 0 Å². The van der Waals surface area contributed by atoms with Crippen LogP contribution in [0.4, 0.5) is 4.79 Å². The second-order valence-corrected chi connectivity index (χ2v) is 3.66. The quantitative estimate of drug-likeness (QED) is 0.825. The first-order valence-corrected chi connectivity index (χ1v) is 5.36. The molecular formula is C11H10N2O6. The van der Waals surface area contributed by atoms with Gasteiger partial charge in [0.2, 0.25) is 0 Å². The highest BCUT2D eigenvalue weighted by atomic mass is 16.6. The summed E-state index contributed by atoms with van der Waals surface area (Å²) in [6, 6.07) is 1.24. The Kier molecular flexibility index (Phi) is 3.60. The van der Waals surface area contributed by atoms with E-state index in [9.17, 15) is 14.4 Å². The van der Waals surface area contributed by atoms with Gasteiger partial charge < -0.3 is 14.6 Å². The van der Waals surface area contributed by atoms with Gasteiger partial charge in [0.25, 0.3) is 5.91 Å². The molecule has 1 N–H and O–H groups in total. The third-order valence-corrected chi connectivity index (χ3v) is 2.38. The molecule has 1 saturated heterocycles. The Hall–Kier alpha value is -2.64. The van der Waals surface area contributed by atoms with Crippen molar-refractivity contribution in [1.29, 1.82) is 0 Å². The van der Waals surface area contributed by atoms with E-state index < -0.39 is 18.0 Å². The number of rotatable bonds is 4. The summed E-state index contributed by atoms with van der Waals surface area (Å²) in [5.41, 5.74) is -0.0504. The number of aromatic nitrogens is 1. The van der Waals surface area contributed by atoms with Gasteiger partial charge in [0.1, 0.15) is 12.4 Å². The molecule has 0 spiro atoms. The number of hydrogen-bond acceptors (Lipinski definition) is 6. The Bertz CT molecular complexity index is 530. The minimum absolute atomic E-state index is 0.0504. The van der Waals surface area contributed by atoms with Crippen molar-refractivity contribution < 1.29 is 29.0 Å². The first-order valence-electron chi connectivity index (χ1n) is 5.36. The summed E-state index contributed by atoms with van der Waals surface area (Å²) in [5.74, 6) is -1.56. The van der Waals surface area contributed by atoms with Crippen molar-refractivity contribution >= 4 is 18.0 Å². The van der Waals surface area contributed by atoms with E-state index in [1.165, 1.54) is 12.3 Å². The summed E-state index contributed by atoms with van der Waals surface area (Å²) >= 11 is 0. The second-order valence-electron chi connectivity index (χ2n) is 3.66. The van der Waals surface area contributed by atoms with Gasteiger partial charge in [-0.2, -0.15) is 0 Å². The number of hydrogen-bond donors (Lipinski definition) is 1. The SMILES string of the molecule is O=C(O)c1cncc(OCC(=O)N2CCOC2=O)c1. The van der Waals surface area contributed by atoms with E-state index >= 15 is 0 Å². The normalized spacial score (nSPS) is 14.1. The molecule has 1 aliphatic heterocycles. The number of carboxylic acid groups (broad SMARTS) is 1. The van der Waals surface area contributed by atoms with Gasteiger partial charge in [0.15, 0.2) is 6.61 Å². The molecule has 0 aromatic carbocycles. The second kappa shape index (κ2) is 5.34. The van der Waals surface area contributed by atoms with Crippen molar-refractivity contribution in [3.05, 3.63) is 24.0 Å². The number of imide groups is 1. The average Bonchev–Trinajstić information content (AvgIpc) is 2.82. The van der Waals surface area contributed by atoms with Gasteiger partial charge in [-0.25, -0.2) is 14.5 Å². The number of nitrogens with zero attached hydrogens (tertiary/aromatic N) is 2. The lowest BCUT2D eigenvalue weighted by atomic mass is 10.3. The van der Waals surface area contributed by atoms with Crippen LogP contribution in [0.25, 0.3) is 0 Å². The van der Waals surface area contributed by atoms with Crippen molar-refractivity contribution in [3.8, 4) is 5.75 Å². The van der Waals surface area contributed by atoms with Gasteiger partial charge in [-0.1, -0.05) is 0 Å². The zero-order chi connectivity index (χ0) is 13.8. The molecule has 1 aromatic heterocycles. The molecule has 1 fully saturated rings. The summed E-state index contributed by atoms with van der Waals surface area (Å²) in [4.78, 5) is 38.0. The summed E-state index contributed by atoms with van der Waals surface area (Å²) in [5, 5.41) is 8.76. The molecule has 0 atom stereocenters. The smallest absolute Gasteiger partial charge is 0.416 e. The minimum Gasteiger partial charge on any atom is -0.482 e. The molecule has 2 heterocycles. The standard InChI is InChI=1S/C11H10N2O6/c14-9(13-1-2-18-11(13)17)6-19-8-3-7(10(15)16)4-12-5-8/h3-5H,1-2,6H2,(H,15,16). The molecule has 0 unspecified atom stereocenters. The number of carboxylic acids is 1. The van der Waals surface area contributed by atoms with Crippen molar-refractivity contribution in [2.45, 2.75) is 0 Å². The molecular weight excluding hydrogens is 256 g/mol. The Morgan fingerprint density at radius 2 is 2.26 bits per heavy atom. The molecule has 100 valence electrons. The minimum atomic E-state index is -1.15. The van der Waals surface area contributed by atoms with Crippen LogP contribution in [-0.4, -0.2) is 52.7 Å². The number of carbonyl (C=O) groups is 3. The molecule has 1 aliphatic rings. The third-order valence-electron chi connectivity index (χ3n) is 2.38. The molecule has 0 bridgehead atoms. The van der Waals surface area contributed by atoms with Crippen LogP contribution in [0.1, 0.15) is 10.4 Å². The topological polar surface area (TPSA) is 106 Å². The molecule has 8 heteroatoms. The molecule has 1 aromatic rings. The number of pyridine rings is 1. The highest BCUT2D eigenvalue weighted by Gasteiger charge is 2.28. The maximum absolute atomic E-state index is 11.6. The Morgan fingerprint density at radius 3 is 2.89 bits per heavy atom. The maximum Gasteiger partial charge on any atom is 0.416 e. The fourth-order valence-electron chi connectivity index (χ4n) is 1.46. The van der Waals surface area contributed by atoms with Gasteiger partial charge >= 0.3 is 12.1 Å². The molecule has 2 amide bonds. The highest BCUT2D eigenvalue weighted by molar-refractivity contribution is 5.93. The Morgan fingerprint density at radius 1 is 1.47 bits per heavy atom. The molecule has 0 aliphatic carbocycles. The van der Waals surface area contributed by atoms with Gasteiger partial charge in [-0.3, -0.25) is 9.78 Å². The number of ether oxygens (including phenoxy) is 2. The van der Waals surface area contributed by atoms with Crippen molar-refractivity contribution in [3.63, 3.8) is 0 Å². The van der Waals surface area contributed by atoms with Crippen LogP contribution in [0.3, 0.4) is 0 Å². The lowest BCUT2D eigenvalue weighted by Crippen LogP contribution is -2.35. The predicted molar refractivity (Wildman–Crippen MR) is 59.8 cm³/mol. The van der Waals surface area contributed by atoms with E-state index in [1.54, 1.807) is 0 Å². The number of carbonyl (C=O) groups excluding carboxylic acids is 2. The highest BCUT2D eigenvalue weighted by Crippen LogP contribution is 2.12. The first kappa shape index (κ1) is 12.8. The fourth-order valence-corrected chi connectivity index (χ4v) is 1.46. The Balaban J connectivity index is 1.95. The lowest BCUT2D eigenvalue weighted by Gasteiger charge is -2.11. The van der Waals surface area contributed by atoms with Crippen LogP contribution < -0.4 is 4.74 Å². The van der Waals surface area contributed by atoms with Crippen LogP contribution in [0, 0.1) is 0 Å².